The van der Waals surface area contributed by atoms with Crippen LogP contribution in [0, 0.1) is 6.92 Å². The number of hydrazone groups is 1. The van der Waals surface area contributed by atoms with Crippen molar-refractivity contribution in [3.05, 3.63) is 47.7 Å². The van der Waals surface area contributed by atoms with Crippen LogP contribution in [-0.4, -0.2) is 48.6 Å². The molecule has 3 N–H and O–H groups in total. The Labute approximate surface area is 192 Å². The molecule has 1 amide bonds. The lowest BCUT2D eigenvalue weighted by Gasteiger charge is -2.12. The summed E-state index contributed by atoms with van der Waals surface area (Å²) >= 11 is 0. The summed E-state index contributed by atoms with van der Waals surface area (Å²) in [5.41, 5.74) is 6.53. The number of aryl methyl sites for hydroxylation is 1. The Hall–Kier alpha value is -3.88. The standard InChI is InChI=1S/C24H28N6O3/c1-4-33-21-13-19(17-10-15(2)28-23(12-17)32-3)29-20-11-16(7-8-18(20)21)24(31)25-9-5-6-22-26-14-27-30-22/h7-8,10-13,27H,4-6,9,14H2,1-3H3,(H,25,31)(H,26,30). The molecule has 9 nitrogen and oxygen atoms in total. The lowest BCUT2D eigenvalue weighted by Crippen LogP contribution is -2.26. The van der Waals surface area contributed by atoms with Gasteiger partial charge in [0.25, 0.3) is 5.91 Å². The number of amidine groups is 1. The van der Waals surface area contributed by atoms with Gasteiger partial charge in [-0.1, -0.05) is 0 Å². The van der Waals surface area contributed by atoms with Crippen molar-refractivity contribution in [2.45, 2.75) is 26.7 Å². The number of carbonyl (C=O) groups excluding carboxylic acids is 1. The molecule has 0 radical (unpaired) electrons. The van der Waals surface area contributed by atoms with Crippen molar-refractivity contribution in [3.8, 4) is 22.9 Å². The van der Waals surface area contributed by atoms with Crippen molar-refractivity contribution < 1.29 is 14.3 Å². The first kappa shape index (κ1) is 22.3. The number of ether oxygens (including phenoxy) is 2. The van der Waals surface area contributed by atoms with Gasteiger partial charge >= 0.3 is 0 Å². The SMILES string of the molecule is CCOc1cc(-c2cc(C)nc(OC)c2)nc2cc(C(=O)NCCCC3=NNCN3)ccc12. The summed E-state index contributed by atoms with van der Waals surface area (Å²) in [5.74, 6) is 2.02. The third kappa shape index (κ3) is 5.31. The number of rotatable bonds is 9. The average Bonchev–Trinajstić information content (AvgIpc) is 3.34. The van der Waals surface area contributed by atoms with E-state index in [9.17, 15) is 4.79 Å². The molecule has 0 aliphatic carbocycles. The smallest absolute Gasteiger partial charge is 0.251 e. The predicted octanol–water partition coefficient (Wildman–Crippen LogP) is 2.99. The Bertz CT molecular complexity index is 1190. The minimum Gasteiger partial charge on any atom is -0.493 e. The first-order valence-corrected chi connectivity index (χ1v) is 11.0. The van der Waals surface area contributed by atoms with Crippen LogP contribution < -0.4 is 25.5 Å². The van der Waals surface area contributed by atoms with Gasteiger partial charge < -0.3 is 20.1 Å². The summed E-state index contributed by atoms with van der Waals surface area (Å²) < 4.78 is 11.2. The van der Waals surface area contributed by atoms with Crippen LogP contribution in [-0.2, 0) is 0 Å². The van der Waals surface area contributed by atoms with E-state index in [1.807, 2.05) is 38.1 Å². The first-order valence-electron chi connectivity index (χ1n) is 11.0. The zero-order valence-electron chi connectivity index (χ0n) is 19.1. The number of hydrogen-bond donors (Lipinski definition) is 3. The Morgan fingerprint density at radius 1 is 1.18 bits per heavy atom. The highest BCUT2D eigenvalue weighted by Crippen LogP contribution is 2.32. The molecule has 0 unspecified atom stereocenters. The highest BCUT2D eigenvalue weighted by molar-refractivity contribution is 5.99. The van der Waals surface area contributed by atoms with Gasteiger partial charge in [0.1, 0.15) is 18.3 Å². The Balaban J connectivity index is 1.58. The second-order valence-electron chi connectivity index (χ2n) is 7.64. The lowest BCUT2D eigenvalue weighted by molar-refractivity contribution is 0.0953. The van der Waals surface area contributed by atoms with Crippen molar-refractivity contribution in [1.29, 1.82) is 0 Å². The van der Waals surface area contributed by atoms with Gasteiger partial charge in [-0.05, 0) is 44.5 Å². The molecule has 0 saturated heterocycles. The molecular weight excluding hydrogens is 420 g/mol. The van der Waals surface area contributed by atoms with Crippen LogP contribution in [0.1, 0.15) is 35.8 Å². The van der Waals surface area contributed by atoms with E-state index >= 15 is 0 Å². The molecule has 0 atom stereocenters. The Morgan fingerprint density at radius 2 is 2.06 bits per heavy atom. The number of nitrogens with zero attached hydrogens (tertiary/aromatic N) is 3. The molecule has 1 aliphatic rings. The van der Waals surface area contributed by atoms with E-state index in [1.54, 1.807) is 19.2 Å². The summed E-state index contributed by atoms with van der Waals surface area (Å²) in [6.45, 7) is 5.59. The van der Waals surface area contributed by atoms with Crippen molar-refractivity contribution in [3.63, 3.8) is 0 Å². The fraction of sp³-hybridized carbons (Fsp3) is 0.333. The topological polar surface area (TPSA) is 110 Å². The number of fused-ring (bicyclic) bond motifs is 1. The molecule has 0 saturated carbocycles. The molecular formula is C24H28N6O3. The summed E-state index contributed by atoms with van der Waals surface area (Å²) in [5, 5.41) is 11.1. The van der Waals surface area contributed by atoms with Gasteiger partial charge in [-0.3, -0.25) is 10.2 Å². The van der Waals surface area contributed by atoms with Gasteiger partial charge in [-0.15, -0.1) is 0 Å². The van der Waals surface area contributed by atoms with Gasteiger partial charge in [-0.2, -0.15) is 5.10 Å². The monoisotopic (exact) mass is 448 g/mol. The van der Waals surface area contributed by atoms with Crippen LogP contribution in [0.3, 0.4) is 0 Å². The predicted molar refractivity (Wildman–Crippen MR) is 128 cm³/mol. The first-order chi connectivity index (χ1) is 16.1. The van der Waals surface area contributed by atoms with E-state index < -0.39 is 0 Å². The van der Waals surface area contributed by atoms with Crippen molar-refractivity contribution in [2.24, 2.45) is 5.10 Å². The molecule has 172 valence electrons. The largest absolute Gasteiger partial charge is 0.493 e. The van der Waals surface area contributed by atoms with E-state index in [1.165, 1.54) is 0 Å². The second-order valence-corrected chi connectivity index (χ2v) is 7.64. The normalized spacial score (nSPS) is 12.6. The molecule has 4 rings (SSSR count). The number of nitrogens with one attached hydrogen (secondary N) is 3. The van der Waals surface area contributed by atoms with Crippen LogP contribution in [0.2, 0.25) is 0 Å². The second kappa shape index (κ2) is 10.2. The van der Waals surface area contributed by atoms with Crippen LogP contribution in [0.4, 0.5) is 0 Å². The van der Waals surface area contributed by atoms with Gasteiger partial charge in [0.15, 0.2) is 0 Å². The van der Waals surface area contributed by atoms with Gasteiger partial charge in [0.2, 0.25) is 5.88 Å². The minimum atomic E-state index is -0.136. The molecule has 9 heteroatoms. The highest BCUT2D eigenvalue weighted by atomic mass is 16.5. The lowest BCUT2D eigenvalue weighted by atomic mass is 10.1. The quantitative estimate of drug-likeness (QED) is 0.432. The maximum Gasteiger partial charge on any atom is 0.251 e. The number of benzene rings is 1. The van der Waals surface area contributed by atoms with E-state index in [4.69, 9.17) is 14.5 Å². The highest BCUT2D eigenvalue weighted by Gasteiger charge is 2.14. The number of carbonyl (C=O) groups is 1. The Morgan fingerprint density at radius 3 is 2.82 bits per heavy atom. The van der Waals surface area contributed by atoms with E-state index in [0.717, 1.165) is 46.8 Å². The van der Waals surface area contributed by atoms with Crippen LogP contribution in [0.25, 0.3) is 22.2 Å². The fourth-order valence-corrected chi connectivity index (χ4v) is 3.67. The van der Waals surface area contributed by atoms with Crippen molar-refractivity contribution in [1.82, 2.24) is 26.0 Å². The number of hydrogen-bond acceptors (Lipinski definition) is 8. The summed E-state index contributed by atoms with van der Waals surface area (Å²) in [7, 11) is 1.59. The minimum absolute atomic E-state index is 0.136. The fourth-order valence-electron chi connectivity index (χ4n) is 3.67. The molecule has 0 bridgehead atoms. The average molecular weight is 449 g/mol. The molecule has 1 aromatic carbocycles. The molecule has 33 heavy (non-hydrogen) atoms. The Kier molecular flexibility index (Phi) is 6.87. The van der Waals surface area contributed by atoms with Crippen LogP contribution in [0.15, 0.2) is 41.5 Å². The summed E-state index contributed by atoms with van der Waals surface area (Å²) in [4.78, 5) is 21.9. The third-order valence-electron chi connectivity index (χ3n) is 5.23. The molecule has 0 fully saturated rings. The van der Waals surface area contributed by atoms with Gasteiger partial charge in [0.05, 0.1) is 24.9 Å². The van der Waals surface area contributed by atoms with Gasteiger partial charge in [-0.25, -0.2) is 9.97 Å². The molecule has 3 heterocycles. The van der Waals surface area contributed by atoms with Crippen LogP contribution >= 0.6 is 0 Å². The maximum absolute atomic E-state index is 12.7. The molecule has 2 aromatic heterocycles. The molecule has 0 spiro atoms. The third-order valence-corrected chi connectivity index (χ3v) is 5.23. The number of pyridine rings is 2. The zero-order chi connectivity index (χ0) is 23.2. The number of methoxy groups -OCH3 is 1. The van der Waals surface area contributed by atoms with E-state index in [0.29, 0.717) is 36.8 Å². The van der Waals surface area contributed by atoms with Crippen molar-refractivity contribution in [2.75, 3.05) is 26.9 Å². The van der Waals surface area contributed by atoms with Gasteiger partial charge in [0, 0.05) is 47.3 Å². The maximum atomic E-state index is 12.7. The number of amides is 1. The van der Waals surface area contributed by atoms with E-state index in [-0.39, 0.29) is 5.91 Å². The zero-order valence-corrected chi connectivity index (χ0v) is 19.1. The van der Waals surface area contributed by atoms with Crippen molar-refractivity contribution >= 4 is 22.6 Å². The summed E-state index contributed by atoms with van der Waals surface area (Å²) in [6.07, 6.45) is 1.58. The molecule has 3 aromatic rings. The van der Waals surface area contributed by atoms with Crippen LogP contribution in [0.5, 0.6) is 11.6 Å². The summed E-state index contributed by atoms with van der Waals surface area (Å²) in [6, 6.07) is 11.2. The van der Waals surface area contributed by atoms with E-state index in [2.05, 4.69) is 26.1 Å². The molecule has 1 aliphatic heterocycles. The number of aromatic nitrogens is 2.